The second-order valence-corrected chi connectivity index (χ2v) is 11.7. The van der Waals surface area contributed by atoms with Gasteiger partial charge in [-0.3, -0.25) is 9.36 Å². The summed E-state index contributed by atoms with van der Waals surface area (Å²) in [7, 11) is 0. The molecule has 0 saturated heterocycles. The topological polar surface area (TPSA) is 44.1 Å². The molecule has 0 amide bonds. The van der Waals surface area contributed by atoms with E-state index in [2.05, 4.69) is 13.8 Å². The fourth-order valence-corrected chi connectivity index (χ4v) is 6.94. The van der Waals surface area contributed by atoms with E-state index < -0.39 is 0 Å². The molecular weight excluding hydrogens is 507 g/mol. The summed E-state index contributed by atoms with van der Waals surface area (Å²) in [5.41, 5.74) is 3.92. The largest absolute Gasteiger partial charge is 0.372 e. The van der Waals surface area contributed by atoms with Gasteiger partial charge in [0.25, 0.3) is 5.56 Å². The molecule has 1 aliphatic rings. The Morgan fingerprint density at radius 2 is 2.06 bits per heavy atom. The summed E-state index contributed by atoms with van der Waals surface area (Å²) in [6.07, 6.45) is 0.850. The maximum atomic E-state index is 14.0. The monoisotopic (exact) mass is 530 g/mol. The second-order valence-electron chi connectivity index (χ2n) is 8.88. The summed E-state index contributed by atoms with van der Waals surface area (Å²) >= 11 is 15.5. The third kappa shape index (κ3) is 4.54. The quantitative estimate of drug-likeness (QED) is 0.198. The van der Waals surface area contributed by atoms with Crippen molar-refractivity contribution in [2.45, 2.75) is 50.8 Å². The van der Waals surface area contributed by atoms with Crippen LogP contribution in [0, 0.1) is 12.8 Å². The molecule has 0 spiro atoms. The number of aryl methyl sites for hydroxylation is 1. The summed E-state index contributed by atoms with van der Waals surface area (Å²) in [6.45, 7) is 6.87. The van der Waals surface area contributed by atoms with E-state index in [-0.39, 0.29) is 11.7 Å². The number of ether oxygens (including phenoxy) is 1. The number of hydrogen-bond acceptors (Lipinski definition) is 5. The second kappa shape index (κ2) is 9.67. The van der Waals surface area contributed by atoms with Gasteiger partial charge in [-0.25, -0.2) is 4.98 Å². The van der Waals surface area contributed by atoms with Crippen LogP contribution in [0.25, 0.3) is 15.9 Å². The summed E-state index contributed by atoms with van der Waals surface area (Å²) in [6, 6.07) is 13.5. The van der Waals surface area contributed by atoms with E-state index in [1.807, 2.05) is 43.3 Å². The molecule has 2 aromatic carbocycles. The Hall–Kier alpha value is -1.83. The Morgan fingerprint density at radius 1 is 1.24 bits per heavy atom. The van der Waals surface area contributed by atoms with E-state index in [0.717, 1.165) is 43.9 Å². The van der Waals surface area contributed by atoms with Gasteiger partial charge in [-0.15, -0.1) is 11.3 Å². The molecule has 34 heavy (non-hydrogen) atoms. The fraction of sp³-hybridized carbons (Fsp3) is 0.308. The minimum absolute atomic E-state index is 0.0257. The van der Waals surface area contributed by atoms with Gasteiger partial charge in [0.15, 0.2) is 5.16 Å². The van der Waals surface area contributed by atoms with Crippen molar-refractivity contribution in [3.8, 4) is 5.69 Å². The molecule has 4 nitrogen and oxygen atoms in total. The highest BCUT2D eigenvalue weighted by Crippen LogP contribution is 2.37. The van der Waals surface area contributed by atoms with Gasteiger partial charge in [0.05, 0.1) is 23.8 Å². The van der Waals surface area contributed by atoms with Crippen molar-refractivity contribution >= 4 is 56.5 Å². The molecule has 1 aliphatic heterocycles. The molecule has 176 valence electrons. The van der Waals surface area contributed by atoms with Crippen LogP contribution in [-0.2, 0) is 23.5 Å². The van der Waals surface area contributed by atoms with Crippen molar-refractivity contribution in [3.63, 3.8) is 0 Å². The number of thiophene rings is 1. The molecule has 5 rings (SSSR count). The first-order valence-electron chi connectivity index (χ1n) is 11.1. The molecule has 0 fully saturated rings. The van der Waals surface area contributed by atoms with Crippen LogP contribution in [0.1, 0.15) is 35.4 Å². The molecule has 0 radical (unpaired) electrons. The van der Waals surface area contributed by atoms with Gasteiger partial charge in [-0.05, 0) is 53.8 Å². The van der Waals surface area contributed by atoms with Gasteiger partial charge in [-0.1, -0.05) is 67.0 Å². The number of halogens is 2. The van der Waals surface area contributed by atoms with E-state index in [1.54, 1.807) is 22.0 Å². The molecule has 0 saturated carbocycles. The average molecular weight is 532 g/mol. The highest BCUT2D eigenvalue weighted by molar-refractivity contribution is 7.98. The van der Waals surface area contributed by atoms with Gasteiger partial charge in [0.1, 0.15) is 4.83 Å². The van der Waals surface area contributed by atoms with Crippen LogP contribution in [0.4, 0.5) is 0 Å². The average Bonchev–Trinajstić information content (AvgIpc) is 3.16. The smallest absolute Gasteiger partial charge is 0.267 e. The van der Waals surface area contributed by atoms with Crippen LogP contribution < -0.4 is 5.56 Å². The third-order valence-electron chi connectivity index (χ3n) is 6.09. The van der Waals surface area contributed by atoms with E-state index in [4.69, 9.17) is 32.9 Å². The number of benzene rings is 2. The zero-order chi connectivity index (χ0) is 24.0. The lowest BCUT2D eigenvalue weighted by molar-refractivity contribution is 0.00200. The number of thioether (sulfide) groups is 1. The molecule has 3 heterocycles. The maximum absolute atomic E-state index is 14.0. The number of aromatic nitrogens is 2. The summed E-state index contributed by atoms with van der Waals surface area (Å²) in [4.78, 5) is 20.9. The molecule has 0 bridgehead atoms. The molecule has 2 aromatic heterocycles. The lowest BCUT2D eigenvalue weighted by atomic mass is 9.96. The summed E-state index contributed by atoms with van der Waals surface area (Å²) < 4.78 is 7.81. The van der Waals surface area contributed by atoms with E-state index >= 15 is 0 Å². The van der Waals surface area contributed by atoms with Crippen LogP contribution in [0.2, 0.25) is 10.0 Å². The van der Waals surface area contributed by atoms with Gasteiger partial charge in [0.2, 0.25) is 0 Å². The third-order valence-corrected chi connectivity index (χ3v) is 8.76. The van der Waals surface area contributed by atoms with Crippen molar-refractivity contribution in [2.75, 3.05) is 0 Å². The maximum Gasteiger partial charge on any atom is 0.267 e. The molecule has 0 unspecified atom stereocenters. The van der Waals surface area contributed by atoms with Gasteiger partial charge < -0.3 is 4.74 Å². The lowest BCUT2D eigenvalue weighted by Crippen LogP contribution is -2.28. The predicted molar refractivity (Wildman–Crippen MR) is 143 cm³/mol. The number of nitrogens with zero attached hydrogens (tertiary/aromatic N) is 2. The van der Waals surface area contributed by atoms with E-state index in [1.165, 1.54) is 11.8 Å². The van der Waals surface area contributed by atoms with Crippen LogP contribution in [0.15, 0.2) is 52.4 Å². The lowest BCUT2D eigenvalue weighted by Gasteiger charge is -2.26. The molecule has 4 aromatic rings. The van der Waals surface area contributed by atoms with Crippen molar-refractivity contribution in [2.24, 2.45) is 5.92 Å². The standard InChI is InChI=1S/C26H24Cl2N2O2S2/c1-14(2)21-11-19-22(12-32-21)34-24-23(19)25(31)30(18-6-4-5-15(3)9-18)26(29-24)33-13-16-7-8-17(27)10-20(16)28/h4-10,14,21H,11-13H2,1-3H3/t21-/m1/s1. The SMILES string of the molecule is Cc1cccc(-n2c(SCc3ccc(Cl)cc3Cl)nc3sc4c(c3c2=O)C[C@H](C(C)C)OC4)c1. The molecule has 0 aliphatic carbocycles. The Morgan fingerprint density at radius 3 is 2.79 bits per heavy atom. The van der Waals surface area contributed by atoms with Crippen molar-refractivity contribution in [3.05, 3.63) is 84.4 Å². The Kier molecular flexibility index (Phi) is 6.79. The van der Waals surface area contributed by atoms with Gasteiger partial charge >= 0.3 is 0 Å². The predicted octanol–water partition coefficient (Wildman–Crippen LogP) is 7.45. The summed E-state index contributed by atoms with van der Waals surface area (Å²) in [5.74, 6) is 0.956. The minimum atomic E-state index is -0.0257. The summed E-state index contributed by atoms with van der Waals surface area (Å²) in [5, 5.41) is 2.58. The van der Waals surface area contributed by atoms with Crippen molar-refractivity contribution in [1.82, 2.24) is 9.55 Å². The first-order valence-corrected chi connectivity index (χ1v) is 13.7. The molecular formula is C26H24Cl2N2O2S2. The highest BCUT2D eigenvalue weighted by atomic mass is 35.5. The van der Waals surface area contributed by atoms with Gasteiger partial charge in [0, 0.05) is 27.1 Å². The Labute approximate surface area is 216 Å². The molecule has 8 heteroatoms. The van der Waals surface area contributed by atoms with Gasteiger partial charge in [-0.2, -0.15) is 0 Å². The van der Waals surface area contributed by atoms with E-state index in [0.29, 0.717) is 33.5 Å². The highest BCUT2D eigenvalue weighted by Gasteiger charge is 2.28. The molecule has 1 atom stereocenters. The van der Waals surface area contributed by atoms with Crippen molar-refractivity contribution < 1.29 is 4.74 Å². The normalized spacial score (nSPS) is 15.8. The number of hydrogen-bond donors (Lipinski definition) is 0. The Bertz CT molecular complexity index is 1450. The van der Waals surface area contributed by atoms with E-state index in [9.17, 15) is 4.79 Å². The van der Waals surface area contributed by atoms with Crippen LogP contribution >= 0.6 is 46.3 Å². The minimum Gasteiger partial charge on any atom is -0.372 e. The Balaban J connectivity index is 1.65. The zero-order valence-electron chi connectivity index (χ0n) is 19.1. The zero-order valence-corrected chi connectivity index (χ0v) is 22.2. The van der Waals surface area contributed by atoms with Crippen LogP contribution in [0.5, 0.6) is 0 Å². The fourth-order valence-electron chi connectivity index (χ4n) is 4.21. The first-order chi connectivity index (χ1) is 16.3. The van der Waals surface area contributed by atoms with Crippen LogP contribution in [0.3, 0.4) is 0 Å². The molecule has 0 N–H and O–H groups in total. The number of fused-ring (bicyclic) bond motifs is 3. The van der Waals surface area contributed by atoms with Crippen LogP contribution in [-0.4, -0.2) is 15.7 Å². The van der Waals surface area contributed by atoms with Crippen molar-refractivity contribution in [1.29, 1.82) is 0 Å². The first kappa shape index (κ1) is 23.9. The number of rotatable bonds is 5.